The molecule has 0 radical (unpaired) electrons. The van der Waals surface area contributed by atoms with Gasteiger partial charge in [0.1, 0.15) is 11.4 Å². The average Bonchev–Trinajstić information content (AvgIpc) is 2.45. The number of fused-ring (bicyclic) bond motifs is 1. The van der Waals surface area contributed by atoms with Crippen LogP contribution in [0.15, 0.2) is 48.5 Å². The summed E-state index contributed by atoms with van der Waals surface area (Å²) in [5, 5.41) is 8.96. The van der Waals surface area contributed by atoms with Crippen molar-refractivity contribution >= 4 is 12.0 Å². The van der Waals surface area contributed by atoms with Crippen LogP contribution in [0.2, 0.25) is 0 Å². The molecule has 0 bridgehead atoms. The van der Waals surface area contributed by atoms with E-state index in [1.54, 1.807) is 12.1 Å². The molecule has 21 heavy (non-hydrogen) atoms. The molecule has 0 spiro atoms. The van der Waals surface area contributed by atoms with Crippen LogP contribution < -0.4 is 4.74 Å². The lowest BCUT2D eigenvalue weighted by Gasteiger charge is -2.28. The fraction of sp³-hybridized carbons (Fsp3) is 0.167. The van der Waals surface area contributed by atoms with Crippen molar-refractivity contribution in [3.05, 3.63) is 59.7 Å². The molecule has 0 saturated heterocycles. The first-order chi connectivity index (χ1) is 9.96. The van der Waals surface area contributed by atoms with Crippen molar-refractivity contribution in [3.63, 3.8) is 0 Å². The van der Waals surface area contributed by atoms with E-state index in [1.807, 2.05) is 50.3 Å². The number of carboxylic acids is 1. The molecule has 0 aliphatic carbocycles. The van der Waals surface area contributed by atoms with Crippen LogP contribution in [0.3, 0.4) is 0 Å². The van der Waals surface area contributed by atoms with E-state index in [2.05, 4.69) is 6.08 Å². The third kappa shape index (κ3) is 2.55. The van der Waals surface area contributed by atoms with E-state index in [1.165, 1.54) is 0 Å². The van der Waals surface area contributed by atoms with E-state index >= 15 is 0 Å². The van der Waals surface area contributed by atoms with E-state index in [-0.39, 0.29) is 11.2 Å². The molecule has 3 heteroatoms. The van der Waals surface area contributed by atoms with Crippen LogP contribution in [-0.4, -0.2) is 16.7 Å². The Kier molecular flexibility index (Phi) is 3.05. The first kappa shape index (κ1) is 13.4. The molecule has 0 amide bonds. The largest absolute Gasteiger partial charge is 0.483 e. The molecule has 0 aromatic heterocycles. The third-order valence-corrected chi connectivity index (χ3v) is 3.53. The van der Waals surface area contributed by atoms with Gasteiger partial charge in [0.15, 0.2) is 0 Å². The van der Waals surface area contributed by atoms with Gasteiger partial charge in [0.2, 0.25) is 0 Å². The maximum absolute atomic E-state index is 10.9. The second kappa shape index (κ2) is 4.77. The van der Waals surface area contributed by atoms with Crippen molar-refractivity contribution < 1.29 is 14.6 Å². The molecule has 1 aliphatic heterocycles. The molecule has 2 aromatic rings. The highest BCUT2D eigenvalue weighted by Gasteiger charge is 2.23. The minimum absolute atomic E-state index is 0.288. The van der Waals surface area contributed by atoms with Crippen molar-refractivity contribution in [2.45, 2.75) is 19.4 Å². The Balaban J connectivity index is 2.06. The molecule has 3 rings (SSSR count). The molecule has 1 aliphatic rings. The maximum atomic E-state index is 10.9. The lowest BCUT2D eigenvalue weighted by atomic mass is 9.94. The molecule has 2 aromatic carbocycles. The highest BCUT2D eigenvalue weighted by molar-refractivity contribution is 5.89. The van der Waals surface area contributed by atoms with E-state index in [0.29, 0.717) is 0 Å². The Morgan fingerprint density at radius 3 is 2.48 bits per heavy atom. The topological polar surface area (TPSA) is 46.5 Å². The molecule has 1 N–H and O–H groups in total. The molecular weight excluding hydrogens is 264 g/mol. The van der Waals surface area contributed by atoms with Gasteiger partial charge in [-0.25, -0.2) is 4.79 Å². The number of hydrogen-bond donors (Lipinski definition) is 1. The van der Waals surface area contributed by atoms with Crippen LogP contribution in [0.1, 0.15) is 29.8 Å². The van der Waals surface area contributed by atoms with Crippen molar-refractivity contribution in [1.82, 2.24) is 0 Å². The predicted octanol–water partition coefficient (Wildman–Crippen LogP) is 4.24. The molecule has 106 valence electrons. The van der Waals surface area contributed by atoms with Crippen molar-refractivity contribution in [2.24, 2.45) is 0 Å². The standard InChI is InChI=1S/C18H16O3/c1-18(2)11-10-15-14(4-3-5-16(15)21-18)12-6-8-13(9-7-12)17(19)20/h3-11H,1-2H3,(H,19,20). The highest BCUT2D eigenvalue weighted by atomic mass is 16.5. The van der Waals surface area contributed by atoms with Gasteiger partial charge in [-0.15, -0.1) is 0 Å². The average molecular weight is 280 g/mol. The number of carboxylic acid groups (broad SMARTS) is 1. The van der Waals surface area contributed by atoms with Gasteiger partial charge >= 0.3 is 5.97 Å². The Morgan fingerprint density at radius 1 is 1.10 bits per heavy atom. The number of ether oxygens (including phenoxy) is 1. The summed E-state index contributed by atoms with van der Waals surface area (Å²) in [6.45, 7) is 4.03. The van der Waals surface area contributed by atoms with E-state index in [0.717, 1.165) is 22.4 Å². The Hall–Kier alpha value is -2.55. The van der Waals surface area contributed by atoms with E-state index in [9.17, 15) is 4.79 Å². The first-order valence-corrected chi connectivity index (χ1v) is 6.81. The summed E-state index contributed by atoms with van der Waals surface area (Å²) in [5.41, 5.74) is 3.02. The monoisotopic (exact) mass is 280 g/mol. The second-order valence-corrected chi connectivity index (χ2v) is 5.64. The molecule has 1 heterocycles. The minimum Gasteiger partial charge on any atom is -0.483 e. The van der Waals surface area contributed by atoms with Crippen molar-refractivity contribution in [2.75, 3.05) is 0 Å². The van der Waals surface area contributed by atoms with Crippen molar-refractivity contribution in [1.29, 1.82) is 0 Å². The van der Waals surface area contributed by atoms with Gasteiger partial charge in [-0.1, -0.05) is 30.3 Å². The van der Waals surface area contributed by atoms with Gasteiger partial charge in [0.05, 0.1) is 5.56 Å². The van der Waals surface area contributed by atoms with E-state index in [4.69, 9.17) is 9.84 Å². The SMILES string of the molecule is CC1(C)C=Cc2c(cccc2-c2ccc(C(=O)O)cc2)O1. The lowest BCUT2D eigenvalue weighted by molar-refractivity contribution is 0.0697. The lowest BCUT2D eigenvalue weighted by Crippen LogP contribution is -2.27. The first-order valence-electron chi connectivity index (χ1n) is 6.81. The Bertz CT molecular complexity index is 725. The van der Waals surface area contributed by atoms with Crippen LogP contribution in [0.5, 0.6) is 5.75 Å². The molecule has 0 unspecified atom stereocenters. The summed E-state index contributed by atoms with van der Waals surface area (Å²) in [6.07, 6.45) is 4.10. The van der Waals surface area contributed by atoms with Crippen LogP contribution in [0, 0.1) is 0 Å². The van der Waals surface area contributed by atoms with Gasteiger partial charge < -0.3 is 9.84 Å². The maximum Gasteiger partial charge on any atom is 0.335 e. The quantitative estimate of drug-likeness (QED) is 0.895. The summed E-state index contributed by atoms with van der Waals surface area (Å²) < 4.78 is 5.96. The molecule has 0 fully saturated rings. The number of benzene rings is 2. The van der Waals surface area contributed by atoms with Crippen LogP contribution in [0.4, 0.5) is 0 Å². The molecular formula is C18H16O3. The van der Waals surface area contributed by atoms with Crippen LogP contribution in [-0.2, 0) is 0 Å². The van der Waals surface area contributed by atoms with E-state index < -0.39 is 5.97 Å². The fourth-order valence-corrected chi connectivity index (χ4v) is 2.45. The van der Waals surface area contributed by atoms with Gasteiger partial charge in [0, 0.05) is 5.56 Å². The Morgan fingerprint density at radius 2 is 1.81 bits per heavy atom. The smallest absolute Gasteiger partial charge is 0.335 e. The second-order valence-electron chi connectivity index (χ2n) is 5.64. The van der Waals surface area contributed by atoms with Crippen molar-refractivity contribution in [3.8, 4) is 16.9 Å². The summed E-state index contributed by atoms with van der Waals surface area (Å²) in [6, 6.07) is 12.8. The number of hydrogen-bond acceptors (Lipinski definition) is 2. The summed E-state index contributed by atoms with van der Waals surface area (Å²) >= 11 is 0. The zero-order valence-corrected chi connectivity index (χ0v) is 12.0. The Labute approximate surface area is 123 Å². The van der Waals surface area contributed by atoms with Crippen LogP contribution >= 0.6 is 0 Å². The summed E-state index contributed by atoms with van der Waals surface area (Å²) in [7, 11) is 0. The summed E-state index contributed by atoms with van der Waals surface area (Å²) in [5.74, 6) is -0.0658. The number of carbonyl (C=O) groups is 1. The van der Waals surface area contributed by atoms with Crippen LogP contribution in [0.25, 0.3) is 17.2 Å². The summed E-state index contributed by atoms with van der Waals surface area (Å²) in [4.78, 5) is 10.9. The zero-order valence-electron chi connectivity index (χ0n) is 12.0. The van der Waals surface area contributed by atoms with Gasteiger partial charge in [-0.05, 0) is 49.2 Å². The minimum atomic E-state index is -0.915. The highest BCUT2D eigenvalue weighted by Crippen LogP contribution is 2.37. The van der Waals surface area contributed by atoms with Gasteiger partial charge in [-0.3, -0.25) is 0 Å². The zero-order chi connectivity index (χ0) is 15.0. The molecule has 3 nitrogen and oxygen atoms in total. The van der Waals surface area contributed by atoms with Gasteiger partial charge in [0.25, 0.3) is 0 Å². The normalized spacial score (nSPS) is 15.1. The molecule has 0 saturated carbocycles. The molecule has 0 atom stereocenters. The fourth-order valence-electron chi connectivity index (χ4n) is 2.45. The third-order valence-electron chi connectivity index (χ3n) is 3.53. The predicted molar refractivity (Wildman–Crippen MR) is 82.6 cm³/mol. The number of aromatic carboxylic acids is 1. The van der Waals surface area contributed by atoms with Gasteiger partial charge in [-0.2, -0.15) is 0 Å². The number of rotatable bonds is 2.